The molecule has 1 aliphatic heterocycles. The number of anilines is 2. The highest BCUT2D eigenvalue weighted by Crippen LogP contribution is 2.32. The van der Waals surface area contributed by atoms with E-state index in [0.717, 1.165) is 17.9 Å². The summed E-state index contributed by atoms with van der Waals surface area (Å²) in [5, 5.41) is 8.57. The summed E-state index contributed by atoms with van der Waals surface area (Å²) in [6, 6.07) is 10.2. The number of hydrogen-bond acceptors (Lipinski definition) is 6. The minimum Gasteiger partial charge on any atom is -0.497 e. The summed E-state index contributed by atoms with van der Waals surface area (Å²) in [7, 11) is 1.59. The molecule has 0 bridgehead atoms. The molecule has 0 spiro atoms. The van der Waals surface area contributed by atoms with E-state index in [1.807, 2.05) is 29.2 Å². The third-order valence-corrected chi connectivity index (χ3v) is 6.24. The number of ether oxygens (including phenoxy) is 2. The van der Waals surface area contributed by atoms with Crippen LogP contribution in [0.2, 0.25) is 10.0 Å². The highest BCUT2D eigenvalue weighted by atomic mass is 35.5. The van der Waals surface area contributed by atoms with Gasteiger partial charge in [-0.15, -0.1) is 0 Å². The zero-order valence-electron chi connectivity index (χ0n) is 22.6. The van der Waals surface area contributed by atoms with Crippen molar-refractivity contribution in [1.29, 1.82) is 0 Å². The highest BCUT2D eigenvalue weighted by molar-refractivity contribution is 6.39. The first-order chi connectivity index (χ1) is 18.4. The molecular formula is C27H33Cl2N5O5. The van der Waals surface area contributed by atoms with Crippen LogP contribution in [-0.4, -0.2) is 49.2 Å². The number of halogens is 2. The Morgan fingerprint density at radius 2 is 1.74 bits per heavy atom. The van der Waals surface area contributed by atoms with Gasteiger partial charge < -0.3 is 25.0 Å². The van der Waals surface area contributed by atoms with Crippen molar-refractivity contribution in [2.45, 2.75) is 58.7 Å². The number of hydrogen-bond donors (Lipinski definition) is 3. The lowest BCUT2D eigenvalue weighted by Crippen LogP contribution is -2.45. The van der Waals surface area contributed by atoms with Crippen LogP contribution in [0.4, 0.5) is 16.2 Å². The van der Waals surface area contributed by atoms with Gasteiger partial charge in [-0.1, -0.05) is 23.2 Å². The number of aliphatic imine (C=N–C) groups is 1. The Morgan fingerprint density at radius 1 is 1.10 bits per heavy atom. The number of carbonyl (C=O) groups is 3. The topological polar surface area (TPSA) is 121 Å². The monoisotopic (exact) mass is 577 g/mol. The number of nitrogens with one attached hydrogen (secondary N) is 3. The Labute approximate surface area is 238 Å². The first kappa shape index (κ1) is 30.0. The maximum absolute atomic E-state index is 13.3. The molecule has 0 unspecified atom stereocenters. The first-order valence-corrected chi connectivity index (χ1v) is 13.1. The van der Waals surface area contributed by atoms with E-state index in [1.54, 1.807) is 40.0 Å². The van der Waals surface area contributed by atoms with Gasteiger partial charge in [-0.05, 0) is 75.6 Å². The smallest absolute Gasteiger partial charge is 0.414 e. The van der Waals surface area contributed by atoms with E-state index in [1.165, 1.54) is 6.92 Å². The molecule has 0 saturated carbocycles. The predicted octanol–water partition coefficient (Wildman–Crippen LogP) is 5.13. The third kappa shape index (κ3) is 8.76. The van der Waals surface area contributed by atoms with Gasteiger partial charge in [0.05, 0.1) is 22.8 Å². The molecule has 1 saturated heterocycles. The lowest BCUT2D eigenvalue weighted by Gasteiger charge is -2.25. The largest absolute Gasteiger partial charge is 0.497 e. The summed E-state index contributed by atoms with van der Waals surface area (Å²) < 4.78 is 10.6. The Kier molecular flexibility index (Phi) is 10.0. The molecule has 3 rings (SSSR count). The van der Waals surface area contributed by atoms with Crippen LogP contribution < -0.4 is 25.6 Å². The molecule has 1 heterocycles. The van der Waals surface area contributed by atoms with Crippen molar-refractivity contribution in [2.75, 3.05) is 23.9 Å². The number of nitrogens with zero attached hydrogens (tertiary/aromatic N) is 2. The van der Waals surface area contributed by atoms with Gasteiger partial charge in [0.2, 0.25) is 11.9 Å². The molecule has 12 heteroatoms. The van der Waals surface area contributed by atoms with E-state index >= 15 is 0 Å². The summed E-state index contributed by atoms with van der Waals surface area (Å²) in [6.45, 7) is 7.35. The number of carbonyl (C=O) groups excluding carboxylic acids is 3. The van der Waals surface area contributed by atoms with Crippen molar-refractivity contribution in [2.24, 2.45) is 4.99 Å². The molecule has 10 nitrogen and oxygen atoms in total. The minimum atomic E-state index is -0.767. The van der Waals surface area contributed by atoms with E-state index in [4.69, 9.17) is 32.7 Å². The molecule has 0 radical (unpaired) electrons. The van der Waals surface area contributed by atoms with Gasteiger partial charge in [-0.3, -0.25) is 14.9 Å². The second kappa shape index (κ2) is 13.0. The maximum Gasteiger partial charge on any atom is 0.414 e. The summed E-state index contributed by atoms with van der Waals surface area (Å²) in [4.78, 5) is 43.5. The first-order valence-electron chi connectivity index (χ1n) is 12.4. The van der Waals surface area contributed by atoms with Gasteiger partial charge in [0.15, 0.2) is 0 Å². The van der Waals surface area contributed by atoms with Gasteiger partial charge in [-0.2, -0.15) is 4.99 Å². The van der Waals surface area contributed by atoms with Crippen molar-refractivity contribution < 1.29 is 23.9 Å². The molecule has 1 fully saturated rings. The van der Waals surface area contributed by atoms with Crippen LogP contribution in [0.5, 0.6) is 5.75 Å². The normalized spacial score (nSPS) is 15.5. The summed E-state index contributed by atoms with van der Waals surface area (Å²) in [5.74, 6) is -0.0834. The molecular weight excluding hydrogens is 545 g/mol. The fourth-order valence-corrected chi connectivity index (χ4v) is 4.64. The maximum atomic E-state index is 13.3. The standard InChI is InChI=1S/C27H33Cl2N5O5/c1-16(35)31-23-20(28)13-17(14-21(23)29)15-30-25(33-26(37)39-27(2,3)4)32-24(36)22-7-6-12-34(22)18-8-10-19(38-5)11-9-18/h8-11,13-14,22H,6-7,12,15H2,1-5H3,(H,31,35)(H2,30,32,33,36,37)/t22-/m0/s1. The van der Waals surface area contributed by atoms with Gasteiger partial charge in [0, 0.05) is 25.7 Å². The molecule has 2 aromatic rings. The number of alkyl carbamates (subject to hydrolysis) is 1. The van der Waals surface area contributed by atoms with Crippen LogP contribution in [0, 0.1) is 0 Å². The highest BCUT2D eigenvalue weighted by Gasteiger charge is 2.31. The fourth-order valence-electron chi connectivity index (χ4n) is 4.01. The van der Waals surface area contributed by atoms with Crippen molar-refractivity contribution in [3.05, 3.63) is 52.0 Å². The van der Waals surface area contributed by atoms with Crippen molar-refractivity contribution in [3.8, 4) is 5.75 Å². The number of benzene rings is 2. The predicted molar refractivity (Wildman–Crippen MR) is 153 cm³/mol. The van der Waals surface area contributed by atoms with E-state index in [0.29, 0.717) is 24.2 Å². The van der Waals surface area contributed by atoms with E-state index in [2.05, 4.69) is 20.9 Å². The molecule has 39 heavy (non-hydrogen) atoms. The van der Waals surface area contributed by atoms with Crippen LogP contribution in [0.1, 0.15) is 46.1 Å². The van der Waals surface area contributed by atoms with E-state index in [9.17, 15) is 14.4 Å². The number of amides is 3. The molecule has 210 valence electrons. The minimum absolute atomic E-state index is 0.0750. The van der Waals surface area contributed by atoms with Crippen LogP contribution in [-0.2, 0) is 20.9 Å². The second-order valence-electron chi connectivity index (χ2n) is 9.94. The van der Waals surface area contributed by atoms with Crippen molar-refractivity contribution in [1.82, 2.24) is 10.6 Å². The molecule has 0 aliphatic carbocycles. The number of rotatable bonds is 6. The summed E-state index contributed by atoms with van der Waals surface area (Å²) in [6.07, 6.45) is 0.666. The quantitative estimate of drug-likeness (QED) is 0.321. The van der Waals surface area contributed by atoms with Crippen LogP contribution in [0.3, 0.4) is 0 Å². The van der Waals surface area contributed by atoms with Crippen molar-refractivity contribution in [3.63, 3.8) is 0 Å². The number of methoxy groups -OCH3 is 1. The summed E-state index contributed by atoms with van der Waals surface area (Å²) >= 11 is 12.6. The summed E-state index contributed by atoms with van der Waals surface area (Å²) in [5.41, 5.74) is 1.05. The zero-order valence-corrected chi connectivity index (χ0v) is 24.1. The van der Waals surface area contributed by atoms with Gasteiger partial charge in [0.1, 0.15) is 17.4 Å². The SMILES string of the molecule is COc1ccc(N2CCC[C@H]2C(=O)/N=C(/NCc2cc(Cl)c(NC(C)=O)c(Cl)c2)NC(=O)OC(C)(C)C)cc1. The molecule has 3 N–H and O–H groups in total. The van der Waals surface area contributed by atoms with E-state index < -0.39 is 23.6 Å². The molecule has 1 atom stereocenters. The van der Waals surface area contributed by atoms with Crippen LogP contribution in [0.15, 0.2) is 41.4 Å². The average Bonchev–Trinajstić information content (AvgIpc) is 3.34. The molecule has 0 aromatic heterocycles. The average molecular weight is 578 g/mol. The van der Waals surface area contributed by atoms with Crippen molar-refractivity contribution >= 4 is 58.4 Å². The van der Waals surface area contributed by atoms with Gasteiger partial charge in [-0.25, -0.2) is 4.79 Å². The van der Waals surface area contributed by atoms with Gasteiger partial charge in [0.25, 0.3) is 5.91 Å². The third-order valence-electron chi connectivity index (χ3n) is 5.65. The van der Waals surface area contributed by atoms with E-state index in [-0.39, 0.29) is 28.5 Å². The Balaban J connectivity index is 1.81. The second-order valence-corrected chi connectivity index (χ2v) is 10.8. The zero-order chi connectivity index (χ0) is 28.7. The molecule has 2 aromatic carbocycles. The Hall–Kier alpha value is -3.50. The van der Waals surface area contributed by atoms with Crippen LogP contribution >= 0.6 is 23.2 Å². The lowest BCUT2D eigenvalue weighted by molar-refractivity contribution is -0.119. The van der Waals surface area contributed by atoms with Gasteiger partial charge >= 0.3 is 6.09 Å². The Bertz CT molecular complexity index is 1220. The lowest BCUT2D eigenvalue weighted by atomic mass is 10.2. The Morgan fingerprint density at radius 3 is 2.31 bits per heavy atom. The van der Waals surface area contributed by atoms with Crippen LogP contribution in [0.25, 0.3) is 0 Å². The fraction of sp³-hybridized carbons (Fsp3) is 0.407. The molecule has 3 amide bonds. The number of guanidine groups is 1. The molecule has 1 aliphatic rings.